The van der Waals surface area contributed by atoms with E-state index in [0.29, 0.717) is 31.1 Å². The average molecular weight is 474 g/mol. The molecule has 3 heterocycles. The van der Waals surface area contributed by atoms with Crippen LogP contribution < -0.4 is 20.9 Å². The Morgan fingerprint density at radius 3 is 2.60 bits per heavy atom. The van der Waals surface area contributed by atoms with E-state index < -0.39 is 0 Å². The Hall–Kier alpha value is -3.80. The number of nitrogens with zero attached hydrogens (tertiary/aromatic N) is 5. The molecule has 1 atom stereocenters. The summed E-state index contributed by atoms with van der Waals surface area (Å²) >= 11 is 0. The van der Waals surface area contributed by atoms with E-state index in [1.165, 1.54) is 25.6 Å². The number of rotatable bonds is 4. The second-order valence-electron chi connectivity index (χ2n) is 9.39. The van der Waals surface area contributed by atoms with Crippen LogP contribution in [0, 0.1) is 11.8 Å². The number of nitrogens with two attached hydrogens (primary N) is 1. The fourth-order valence-corrected chi connectivity index (χ4v) is 5.32. The van der Waals surface area contributed by atoms with Gasteiger partial charge in [-0.05, 0) is 56.4 Å². The summed E-state index contributed by atoms with van der Waals surface area (Å²) in [6, 6.07) is 7.97. The number of fused-ring (bicyclic) bond motifs is 1. The van der Waals surface area contributed by atoms with Gasteiger partial charge in [-0.25, -0.2) is 9.97 Å². The molecule has 9 nitrogen and oxygen atoms in total. The molecule has 0 radical (unpaired) electrons. The number of aromatic nitrogens is 2. The van der Waals surface area contributed by atoms with Crippen molar-refractivity contribution in [2.45, 2.75) is 57.5 Å². The number of likely N-dealkylation sites (tertiary alicyclic amines) is 1. The molecule has 182 valence electrons. The van der Waals surface area contributed by atoms with Crippen LogP contribution in [0.4, 0.5) is 23.0 Å². The van der Waals surface area contributed by atoms with Gasteiger partial charge in [-0.15, -0.1) is 0 Å². The minimum atomic E-state index is -0.143. The number of nitrogen functional groups attached to an aromatic ring is 1. The van der Waals surface area contributed by atoms with E-state index in [4.69, 9.17) is 5.73 Å². The Morgan fingerprint density at radius 1 is 1.09 bits per heavy atom. The Kier molecular flexibility index (Phi) is 6.45. The van der Waals surface area contributed by atoms with Gasteiger partial charge in [0.2, 0.25) is 0 Å². The Bertz CT molecular complexity index is 1160. The number of hydrogen-bond acceptors (Lipinski definition) is 7. The number of anilines is 4. The fourth-order valence-electron chi connectivity index (χ4n) is 5.32. The molecule has 2 aliphatic heterocycles. The van der Waals surface area contributed by atoms with Crippen molar-refractivity contribution >= 4 is 34.8 Å². The molecule has 35 heavy (non-hydrogen) atoms. The summed E-state index contributed by atoms with van der Waals surface area (Å²) < 4.78 is 0. The van der Waals surface area contributed by atoms with Gasteiger partial charge in [0.15, 0.2) is 11.6 Å². The lowest BCUT2D eigenvalue weighted by molar-refractivity contribution is -0.124. The molecule has 9 heteroatoms. The summed E-state index contributed by atoms with van der Waals surface area (Å²) in [7, 11) is 0. The average Bonchev–Trinajstić information content (AvgIpc) is 3.51. The zero-order valence-electron chi connectivity index (χ0n) is 20.0. The molecule has 0 spiro atoms. The molecular formula is C26H31N7O2. The third kappa shape index (κ3) is 4.61. The molecule has 1 aliphatic carbocycles. The highest BCUT2D eigenvalue weighted by atomic mass is 16.2. The van der Waals surface area contributed by atoms with Crippen molar-refractivity contribution in [1.29, 1.82) is 0 Å². The van der Waals surface area contributed by atoms with E-state index in [9.17, 15) is 9.59 Å². The monoisotopic (exact) mass is 473 g/mol. The molecule has 0 unspecified atom stereocenters. The van der Waals surface area contributed by atoms with Crippen molar-refractivity contribution in [3.05, 3.63) is 36.2 Å². The van der Waals surface area contributed by atoms with Crippen LogP contribution in [0.3, 0.4) is 0 Å². The van der Waals surface area contributed by atoms with E-state index in [1.807, 2.05) is 24.3 Å². The van der Waals surface area contributed by atoms with Crippen LogP contribution in [0.2, 0.25) is 0 Å². The predicted octanol–water partition coefficient (Wildman–Crippen LogP) is 2.66. The number of carbonyl (C=O) groups excluding carboxylic acids is 2. The summed E-state index contributed by atoms with van der Waals surface area (Å²) in [4.78, 5) is 39.8. The third-order valence-electron chi connectivity index (χ3n) is 7.17. The Labute approximate surface area is 205 Å². The third-order valence-corrected chi connectivity index (χ3v) is 7.17. The summed E-state index contributed by atoms with van der Waals surface area (Å²) in [5, 5.41) is 3.17. The van der Waals surface area contributed by atoms with E-state index in [-0.39, 0.29) is 23.9 Å². The second kappa shape index (κ2) is 9.82. The summed E-state index contributed by atoms with van der Waals surface area (Å²) in [5.41, 5.74) is 8.60. The number of carbonyl (C=O) groups is 2. The molecule has 2 amide bonds. The van der Waals surface area contributed by atoms with Crippen molar-refractivity contribution in [2.24, 2.45) is 0 Å². The minimum absolute atomic E-state index is 0.0272. The first-order chi connectivity index (χ1) is 17.0. The summed E-state index contributed by atoms with van der Waals surface area (Å²) in [6.07, 6.45) is 8.02. The second-order valence-corrected chi connectivity index (χ2v) is 9.39. The van der Waals surface area contributed by atoms with Crippen LogP contribution >= 0.6 is 0 Å². The Morgan fingerprint density at radius 2 is 1.86 bits per heavy atom. The van der Waals surface area contributed by atoms with Gasteiger partial charge in [-0.1, -0.05) is 25.2 Å². The van der Waals surface area contributed by atoms with Gasteiger partial charge in [-0.3, -0.25) is 9.59 Å². The van der Waals surface area contributed by atoms with Crippen molar-refractivity contribution in [3.8, 4) is 11.8 Å². The van der Waals surface area contributed by atoms with Gasteiger partial charge in [0.05, 0.1) is 12.7 Å². The highest BCUT2D eigenvalue weighted by Gasteiger charge is 2.38. The number of benzene rings is 1. The van der Waals surface area contributed by atoms with Gasteiger partial charge in [0.25, 0.3) is 11.8 Å². The molecule has 3 N–H and O–H groups in total. The molecule has 2 fully saturated rings. The Balaban J connectivity index is 1.33. The van der Waals surface area contributed by atoms with Crippen LogP contribution in [0.15, 0.2) is 30.6 Å². The van der Waals surface area contributed by atoms with Gasteiger partial charge in [0, 0.05) is 30.4 Å². The maximum absolute atomic E-state index is 12.7. The standard InChI is InChI=1S/C26H31N7O2/c1-2-6-22(34)31-14-13-21(15-31)33-17-32(23-24(27)28-16-29-25(23)33)20-11-9-18(10-12-20)26(35)30-19-7-4-3-5-8-19/h9-12,16,19,21H,3-5,7-8,13-15,17H2,1H3,(H,30,35)(H2,27,28,29)/t21-/m1/s1. The molecule has 1 aromatic heterocycles. The molecule has 0 bridgehead atoms. The molecule has 1 aromatic carbocycles. The van der Waals surface area contributed by atoms with Gasteiger partial charge in [0.1, 0.15) is 12.0 Å². The van der Waals surface area contributed by atoms with Crippen LogP contribution in [-0.2, 0) is 4.79 Å². The van der Waals surface area contributed by atoms with Crippen molar-refractivity contribution in [1.82, 2.24) is 20.2 Å². The van der Waals surface area contributed by atoms with Gasteiger partial charge >= 0.3 is 0 Å². The highest BCUT2D eigenvalue weighted by molar-refractivity contribution is 5.95. The summed E-state index contributed by atoms with van der Waals surface area (Å²) in [6.45, 7) is 3.46. The topological polar surface area (TPSA) is 108 Å². The van der Waals surface area contributed by atoms with E-state index in [1.54, 1.807) is 11.8 Å². The van der Waals surface area contributed by atoms with E-state index in [2.05, 4.69) is 36.9 Å². The quantitative estimate of drug-likeness (QED) is 0.658. The van der Waals surface area contributed by atoms with Crippen LogP contribution in [0.1, 0.15) is 55.8 Å². The van der Waals surface area contributed by atoms with E-state index in [0.717, 1.165) is 36.5 Å². The molecule has 1 saturated carbocycles. The fraction of sp³-hybridized carbons (Fsp3) is 0.462. The molecule has 3 aliphatic rings. The van der Waals surface area contributed by atoms with Crippen LogP contribution in [0.5, 0.6) is 0 Å². The SMILES string of the molecule is CC#CC(=O)N1CC[C@@H](N2CN(c3ccc(C(=O)NC4CCCCC4)cc3)c3c(N)ncnc32)C1. The lowest BCUT2D eigenvalue weighted by Crippen LogP contribution is -2.40. The highest BCUT2D eigenvalue weighted by Crippen LogP contribution is 2.43. The first-order valence-electron chi connectivity index (χ1n) is 12.3. The lowest BCUT2D eigenvalue weighted by Gasteiger charge is -2.26. The summed E-state index contributed by atoms with van der Waals surface area (Å²) in [5.74, 6) is 6.31. The normalized spacial score (nSPS) is 19.8. The maximum Gasteiger partial charge on any atom is 0.298 e. The molecule has 5 rings (SSSR count). The van der Waals surface area contributed by atoms with Crippen LogP contribution in [0.25, 0.3) is 0 Å². The molecule has 1 saturated heterocycles. The van der Waals surface area contributed by atoms with Crippen molar-refractivity contribution < 1.29 is 9.59 Å². The van der Waals surface area contributed by atoms with Gasteiger partial charge < -0.3 is 25.8 Å². The first-order valence-corrected chi connectivity index (χ1v) is 12.3. The number of amides is 2. The first kappa shape index (κ1) is 23.0. The smallest absolute Gasteiger partial charge is 0.298 e. The number of hydrogen-bond donors (Lipinski definition) is 2. The van der Waals surface area contributed by atoms with E-state index >= 15 is 0 Å². The lowest BCUT2D eigenvalue weighted by atomic mass is 9.95. The zero-order chi connectivity index (χ0) is 24.4. The zero-order valence-corrected chi connectivity index (χ0v) is 20.0. The number of nitrogens with one attached hydrogen (secondary N) is 1. The maximum atomic E-state index is 12.7. The van der Waals surface area contributed by atoms with Crippen molar-refractivity contribution in [2.75, 3.05) is 35.3 Å². The van der Waals surface area contributed by atoms with Crippen molar-refractivity contribution in [3.63, 3.8) is 0 Å². The van der Waals surface area contributed by atoms with Crippen LogP contribution in [-0.4, -0.2) is 58.5 Å². The largest absolute Gasteiger partial charge is 0.382 e. The minimum Gasteiger partial charge on any atom is -0.382 e. The predicted molar refractivity (Wildman–Crippen MR) is 135 cm³/mol. The molecule has 2 aromatic rings. The molecular weight excluding hydrogens is 442 g/mol. The van der Waals surface area contributed by atoms with Gasteiger partial charge in [-0.2, -0.15) is 0 Å².